The van der Waals surface area contributed by atoms with Crippen LogP contribution >= 0.6 is 11.8 Å². The minimum atomic E-state index is -0.700. The first-order valence-electron chi connectivity index (χ1n) is 9.02. The van der Waals surface area contributed by atoms with E-state index in [0.29, 0.717) is 22.4 Å². The Balaban J connectivity index is 1.90. The molecule has 142 valence electrons. The number of para-hydroxylation sites is 1. The predicted octanol–water partition coefficient (Wildman–Crippen LogP) is 3.88. The first-order valence-corrected chi connectivity index (χ1v) is 10.0. The highest BCUT2D eigenvalue weighted by atomic mass is 32.2. The number of ether oxygens (including phenoxy) is 1. The van der Waals surface area contributed by atoms with E-state index in [-0.39, 0.29) is 5.91 Å². The van der Waals surface area contributed by atoms with Gasteiger partial charge >= 0.3 is 0 Å². The molecule has 0 spiro atoms. The van der Waals surface area contributed by atoms with Gasteiger partial charge < -0.3 is 4.74 Å². The van der Waals surface area contributed by atoms with Gasteiger partial charge in [-0.15, -0.1) is 10.2 Å². The van der Waals surface area contributed by atoms with Crippen molar-refractivity contribution in [2.75, 3.05) is 10.7 Å². The minimum Gasteiger partial charge on any atom is -0.447 e. The van der Waals surface area contributed by atoms with Crippen LogP contribution in [0.5, 0.6) is 5.88 Å². The lowest BCUT2D eigenvalue weighted by atomic mass is 10.1. The molecule has 1 atom stereocenters. The molecule has 7 nitrogen and oxygen atoms in total. The van der Waals surface area contributed by atoms with E-state index in [4.69, 9.17) is 4.74 Å². The molecule has 0 N–H and O–H groups in total. The molecular formula is C20H19N5O2S. The summed E-state index contributed by atoms with van der Waals surface area (Å²) >= 11 is 1.53. The summed E-state index contributed by atoms with van der Waals surface area (Å²) in [6.07, 6.45) is 3.68. The summed E-state index contributed by atoms with van der Waals surface area (Å²) in [5.41, 5.74) is 2.73. The number of carbonyl (C=O) groups excluding carboxylic acids is 1. The zero-order valence-electron chi connectivity index (χ0n) is 15.6. The molecule has 4 rings (SSSR count). The van der Waals surface area contributed by atoms with Gasteiger partial charge in [0.25, 0.3) is 0 Å². The number of benzene rings is 1. The second-order valence-corrected chi connectivity index (χ2v) is 7.32. The Morgan fingerprint density at radius 1 is 1.21 bits per heavy atom. The maximum atomic E-state index is 12.6. The van der Waals surface area contributed by atoms with Gasteiger partial charge in [0.15, 0.2) is 5.69 Å². The number of thioether (sulfide) groups is 1. The number of fused-ring (bicyclic) bond motifs is 3. The van der Waals surface area contributed by atoms with E-state index >= 15 is 0 Å². The Hall–Kier alpha value is -3.00. The summed E-state index contributed by atoms with van der Waals surface area (Å²) < 4.78 is 6.26. The zero-order valence-corrected chi connectivity index (χ0v) is 16.4. The number of nitrogens with zero attached hydrogens (tertiary/aromatic N) is 5. The van der Waals surface area contributed by atoms with E-state index in [2.05, 4.69) is 27.1 Å². The molecule has 0 radical (unpaired) electrons. The van der Waals surface area contributed by atoms with Gasteiger partial charge in [-0.2, -0.15) is 4.98 Å². The quantitative estimate of drug-likeness (QED) is 0.622. The van der Waals surface area contributed by atoms with Crippen LogP contribution in [-0.4, -0.2) is 31.8 Å². The number of hydrogen-bond acceptors (Lipinski definition) is 7. The van der Waals surface area contributed by atoms with Crippen LogP contribution < -0.4 is 9.64 Å². The Morgan fingerprint density at radius 3 is 2.82 bits per heavy atom. The van der Waals surface area contributed by atoms with Gasteiger partial charge in [0.05, 0.1) is 5.69 Å². The number of carbonyl (C=O) groups is 1. The third kappa shape index (κ3) is 3.43. The fourth-order valence-corrected chi connectivity index (χ4v) is 3.68. The van der Waals surface area contributed by atoms with Crippen molar-refractivity contribution in [3.63, 3.8) is 0 Å². The third-order valence-electron chi connectivity index (χ3n) is 4.26. The number of amides is 1. The normalized spacial score (nSPS) is 15.2. The molecule has 0 bridgehead atoms. The van der Waals surface area contributed by atoms with Crippen LogP contribution in [0.2, 0.25) is 0 Å². The number of aromatic nitrogens is 4. The first-order chi connectivity index (χ1) is 13.7. The molecule has 0 saturated heterocycles. The first kappa shape index (κ1) is 18.4. The van der Waals surface area contributed by atoms with E-state index in [0.717, 1.165) is 23.3 Å². The molecule has 3 heterocycles. The summed E-state index contributed by atoms with van der Waals surface area (Å²) in [4.78, 5) is 23.0. The maximum Gasteiger partial charge on any atom is 0.247 e. The summed E-state index contributed by atoms with van der Waals surface area (Å²) in [6, 6.07) is 11.2. The van der Waals surface area contributed by atoms with E-state index in [1.807, 2.05) is 36.4 Å². The van der Waals surface area contributed by atoms with Crippen molar-refractivity contribution in [3.05, 3.63) is 54.4 Å². The van der Waals surface area contributed by atoms with Crippen LogP contribution in [0.4, 0.5) is 5.69 Å². The molecule has 1 amide bonds. The molecule has 8 heteroatoms. The SMILES string of the molecule is CCCSc1nnc2c(n1)OC(c1cccnc1)N(C(C)=O)c1ccccc1-2. The number of anilines is 1. The lowest BCUT2D eigenvalue weighted by Crippen LogP contribution is -2.36. The largest absolute Gasteiger partial charge is 0.447 e. The molecule has 2 aromatic heterocycles. The maximum absolute atomic E-state index is 12.6. The number of rotatable bonds is 4. The average molecular weight is 393 g/mol. The summed E-state index contributed by atoms with van der Waals surface area (Å²) in [7, 11) is 0. The topological polar surface area (TPSA) is 81.1 Å². The summed E-state index contributed by atoms with van der Waals surface area (Å²) in [5.74, 6) is 1.10. The molecular weight excluding hydrogens is 374 g/mol. The highest BCUT2D eigenvalue weighted by Crippen LogP contribution is 2.43. The monoisotopic (exact) mass is 393 g/mol. The van der Waals surface area contributed by atoms with E-state index < -0.39 is 6.23 Å². The van der Waals surface area contributed by atoms with Gasteiger partial charge in [0.2, 0.25) is 23.2 Å². The predicted molar refractivity (Wildman–Crippen MR) is 107 cm³/mol. The van der Waals surface area contributed by atoms with Crippen molar-refractivity contribution < 1.29 is 9.53 Å². The molecule has 0 fully saturated rings. The average Bonchev–Trinajstić information content (AvgIpc) is 2.87. The molecule has 28 heavy (non-hydrogen) atoms. The fourth-order valence-electron chi connectivity index (χ4n) is 3.05. The zero-order chi connectivity index (χ0) is 19.5. The van der Waals surface area contributed by atoms with Crippen molar-refractivity contribution in [2.24, 2.45) is 0 Å². The van der Waals surface area contributed by atoms with Crippen molar-refractivity contribution in [1.82, 2.24) is 20.2 Å². The van der Waals surface area contributed by atoms with Crippen LogP contribution in [0.15, 0.2) is 53.9 Å². The Kier molecular flexibility index (Phi) is 5.21. The van der Waals surface area contributed by atoms with Crippen LogP contribution in [0.25, 0.3) is 11.3 Å². The standard InChI is InChI=1S/C20H19N5O2S/c1-3-11-28-20-22-18-17(23-24-20)15-8-4-5-9-16(15)25(13(2)26)19(27-18)14-7-6-10-21-12-14/h4-10,12,19H,3,11H2,1-2H3. The molecule has 0 saturated carbocycles. The van der Waals surface area contributed by atoms with Crippen molar-refractivity contribution in [3.8, 4) is 17.1 Å². The van der Waals surface area contributed by atoms with Gasteiger partial charge in [-0.3, -0.25) is 14.7 Å². The summed E-state index contributed by atoms with van der Waals surface area (Å²) in [6.45, 7) is 3.61. The van der Waals surface area contributed by atoms with Gasteiger partial charge in [-0.25, -0.2) is 0 Å². The second-order valence-electron chi connectivity index (χ2n) is 6.26. The highest BCUT2D eigenvalue weighted by Gasteiger charge is 2.34. The van der Waals surface area contributed by atoms with Gasteiger partial charge in [0, 0.05) is 36.2 Å². The van der Waals surface area contributed by atoms with Gasteiger partial charge in [-0.1, -0.05) is 43.0 Å². The van der Waals surface area contributed by atoms with Crippen LogP contribution in [-0.2, 0) is 4.79 Å². The van der Waals surface area contributed by atoms with Gasteiger partial charge in [-0.05, 0) is 18.6 Å². The Labute approximate surface area is 167 Å². The van der Waals surface area contributed by atoms with E-state index in [9.17, 15) is 4.79 Å². The van der Waals surface area contributed by atoms with E-state index in [1.165, 1.54) is 18.7 Å². The van der Waals surface area contributed by atoms with E-state index in [1.54, 1.807) is 17.3 Å². The number of hydrogen-bond donors (Lipinski definition) is 0. The van der Waals surface area contributed by atoms with Crippen molar-refractivity contribution >= 4 is 23.4 Å². The van der Waals surface area contributed by atoms with Crippen LogP contribution in [0, 0.1) is 0 Å². The van der Waals surface area contributed by atoms with Crippen molar-refractivity contribution in [1.29, 1.82) is 0 Å². The summed E-state index contributed by atoms with van der Waals surface area (Å²) in [5, 5.41) is 9.18. The molecule has 0 aliphatic carbocycles. The lowest BCUT2D eigenvalue weighted by molar-refractivity contribution is -0.118. The van der Waals surface area contributed by atoms with Crippen molar-refractivity contribution in [2.45, 2.75) is 31.7 Å². The second kappa shape index (κ2) is 7.93. The third-order valence-corrected chi connectivity index (χ3v) is 5.30. The molecule has 3 aromatic rings. The van der Waals surface area contributed by atoms with Crippen LogP contribution in [0.3, 0.4) is 0 Å². The lowest BCUT2D eigenvalue weighted by Gasteiger charge is -2.29. The Bertz CT molecular complexity index is 999. The van der Waals surface area contributed by atoms with Crippen LogP contribution in [0.1, 0.15) is 32.1 Å². The smallest absolute Gasteiger partial charge is 0.247 e. The molecule has 1 aromatic carbocycles. The number of pyridine rings is 1. The molecule has 1 aliphatic rings. The molecule has 1 aliphatic heterocycles. The Morgan fingerprint density at radius 2 is 2.07 bits per heavy atom. The minimum absolute atomic E-state index is 0.150. The van der Waals surface area contributed by atoms with Gasteiger partial charge in [0.1, 0.15) is 0 Å². The highest BCUT2D eigenvalue weighted by molar-refractivity contribution is 7.99. The fraction of sp³-hybridized carbons (Fsp3) is 0.250. The molecule has 1 unspecified atom stereocenters.